The van der Waals surface area contributed by atoms with Gasteiger partial charge in [-0.15, -0.1) is 6.58 Å². The smallest absolute Gasteiger partial charge is 0.207 e. The minimum atomic E-state index is -2.42. The molecule has 0 aromatic heterocycles. The van der Waals surface area contributed by atoms with E-state index >= 15 is 0 Å². The molecule has 0 aliphatic heterocycles. The quantitative estimate of drug-likeness (QED) is 0.592. The van der Waals surface area contributed by atoms with Crippen LogP contribution in [0.25, 0.3) is 0 Å². The first-order valence-corrected chi connectivity index (χ1v) is 5.60. The second-order valence-corrected chi connectivity index (χ2v) is 4.37. The molecule has 0 aromatic rings. The standard InChI is InChI=1S/C12H20F2/c1-3-5-6-11-9-10(4-2)7-8-12(11,13)14/h4,10-11H,2-3,5-9H2,1H3. The molecular weight excluding hydrogens is 182 g/mol. The first-order chi connectivity index (χ1) is 6.60. The fourth-order valence-corrected chi connectivity index (χ4v) is 2.23. The van der Waals surface area contributed by atoms with Gasteiger partial charge in [0.15, 0.2) is 0 Å². The van der Waals surface area contributed by atoms with E-state index in [1.165, 1.54) is 0 Å². The van der Waals surface area contributed by atoms with Gasteiger partial charge in [0.2, 0.25) is 0 Å². The Hall–Kier alpha value is -0.400. The predicted octanol–water partition coefficient (Wildman–Crippen LogP) is 4.41. The van der Waals surface area contributed by atoms with Crippen molar-refractivity contribution in [2.45, 2.75) is 51.4 Å². The SMILES string of the molecule is C=CC1CCC(F)(F)C(CCCC)C1. The van der Waals surface area contributed by atoms with Crippen molar-refractivity contribution in [3.63, 3.8) is 0 Å². The van der Waals surface area contributed by atoms with Crippen LogP contribution in [-0.2, 0) is 0 Å². The monoisotopic (exact) mass is 202 g/mol. The molecule has 82 valence electrons. The summed E-state index contributed by atoms with van der Waals surface area (Å²) in [7, 11) is 0. The molecule has 1 fully saturated rings. The Morgan fingerprint density at radius 1 is 1.50 bits per heavy atom. The highest BCUT2D eigenvalue weighted by molar-refractivity contribution is 4.91. The average molecular weight is 202 g/mol. The molecule has 1 rings (SSSR count). The average Bonchev–Trinajstić information content (AvgIpc) is 2.16. The van der Waals surface area contributed by atoms with Crippen LogP contribution >= 0.6 is 0 Å². The third-order valence-corrected chi connectivity index (χ3v) is 3.27. The Bertz CT molecular complexity index is 187. The molecule has 0 saturated heterocycles. The second kappa shape index (κ2) is 4.90. The van der Waals surface area contributed by atoms with E-state index in [0.717, 1.165) is 12.8 Å². The van der Waals surface area contributed by atoms with E-state index in [9.17, 15) is 8.78 Å². The van der Waals surface area contributed by atoms with Crippen molar-refractivity contribution in [1.29, 1.82) is 0 Å². The Balaban J connectivity index is 2.52. The van der Waals surface area contributed by atoms with Crippen molar-refractivity contribution in [2.24, 2.45) is 11.8 Å². The van der Waals surface area contributed by atoms with Gasteiger partial charge in [-0.2, -0.15) is 0 Å². The maximum atomic E-state index is 13.5. The van der Waals surface area contributed by atoms with Crippen LogP contribution in [0.2, 0.25) is 0 Å². The van der Waals surface area contributed by atoms with Gasteiger partial charge in [-0.05, 0) is 25.2 Å². The van der Waals surface area contributed by atoms with Gasteiger partial charge < -0.3 is 0 Å². The molecule has 0 amide bonds. The molecule has 2 atom stereocenters. The lowest BCUT2D eigenvalue weighted by atomic mass is 9.76. The van der Waals surface area contributed by atoms with Crippen LogP contribution in [0.5, 0.6) is 0 Å². The van der Waals surface area contributed by atoms with Crippen molar-refractivity contribution >= 4 is 0 Å². The van der Waals surface area contributed by atoms with Gasteiger partial charge in [-0.25, -0.2) is 8.78 Å². The lowest BCUT2D eigenvalue weighted by Gasteiger charge is -2.34. The molecule has 2 heteroatoms. The Morgan fingerprint density at radius 3 is 2.79 bits per heavy atom. The molecule has 1 aliphatic rings. The van der Waals surface area contributed by atoms with Gasteiger partial charge in [-0.3, -0.25) is 0 Å². The molecule has 0 bridgehead atoms. The molecule has 0 nitrogen and oxygen atoms in total. The van der Waals surface area contributed by atoms with Gasteiger partial charge in [-0.1, -0.05) is 25.8 Å². The number of rotatable bonds is 4. The van der Waals surface area contributed by atoms with Crippen LogP contribution in [0.4, 0.5) is 8.78 Å². The molecule has 0 heterocycles. The Labute approximate surface area is 85.4 Å². The summed E-state index contributed by atoms with van der Waals surface area (Å²) in [6, 6.07) is 0. The van der Waals surface area contributed by atoms with Crippen molar-refractivity contribution in [3.8, 4) is 0 Å². The Morgan fingerprint density at radius 2 is 2.21 bits per heavy atom. The van der Waals surface area contributed by atoms with E-state index in [2.05, 4.69) is 6.58 Å². The molecule has 2 unspecified atom stereocenters. The highest BCUT2D eigenvalue weighted by atomic mass is 19.3. The second-order valence-electron chi connectivity index (χ2n) is 4.37. The van der Waals surface area contributed by atoms with Crippen LogP contribution in [-0.4, -0.2) is 5.92 Å². The summed E-state index contributed by atoms with van der Waals surface area (Å²) in [5, 5.41) is 0. The van der Waals surface area contributed by atoms with Crippen LogP contribution in [0.3, 0.4) is 0 Å². The normalized spacial score (nSPS) is 31.4. The summed E-state index contributed by atoms with van der Waals surface area (Å²) in [6.45, 7) is 5.75. The summed E-state index contributed by atoms with van der Waals surface area (Å²) in [6.07, 6.45) is 5.74. The van der Waals surface area contributed by atoms with Gasteiger partial charge in [0.25, 0.3) is 5.92 Å². The molecule has 0 aromatic carbocycles. The van der Waals surface area contributed by atoms with E-state index in [1.807, 2.05) is 13.0 Å². The first kappa shape index (κ1) is 11.7. The van der Waals surface area contributed by atoms with E-state index in [1.54, 1.807) is 0 Å². The van der Waals surface area contributed by atoms with E-state index in [0.29, 0.717) is 25.2 Å². The number of alkyl halides is 2. The number of hydrogen-bond acceptors (Lipinski definition) is 0. The largest absolute Gasteiger partial charge is 0.250 e. The van der Waals surface area contributed by atoms with E-state index in [-0.39, 0.29) is 6.42 Å². The summed E-state index contributed by atoms with van der Waals surface area (Å²) >= 11 is 0. The predicted molar refractivity (Wildman–Crippen MR) is 55.5 cm³/mol. The number of halogens is 2. The lowest BCUT2D eigenvalue weighted by molar-refractivity contribution is -0.0963. The highest BCUT2D eigenvalue weighted by Crippen LogP contribution is 2.43. The molecular formula is C12H20F2. The van der Waals surface area contributed by atoms with Crippen molar-refractivity contribution in [1.82, 2.24) is 0 Å². The third-order valence-electron chi connectivity index (χ3n) is 3.27. The number of hydrogen-bond donors (Lipinski definition) is 0. The minimum Gasteiger partial charge on any atom is -0.207 e. The van der Waals surface area contributed by atoms with Crippen molar-refractivity contribution < 1.29 is 8.78 Å². The molecule has 1 saturated carbocycles. The van der Waals surface area contributed by atoms with E-state index in [4.69, 9.17) is 0 Å². The zero-order valence-electron chi connectivity index (χ0n) is 8.94. The molecule has 0 radical (unpaired) electrons. The third kappa shape index (κ3) is 2.79. The summed E-state index contributed by atoms with van der Waals surface area (Å²) in [4.78, 5) is 0. The van der Waals surface area contributed by atoms with Crippen LogP contribution in [0.15, 0.2) is 12.7 Å². The number of unbranched alkanes of at least 4 members (excludes halogenated alkanes) is 1. The van der Waals surface area contributed by atoms with Gasteiger partial charge in [0.1, 0.15) is 0 Å². The van der Waals surface area contributed by atoms with Crippen molar-refractivity contribution in [2.75, 3.05) is 0 Å². The zero-order valence-corrected chi connectivity index (χ0v) is 8.94. The Kier molecular flexibility index (Phi) is 4.09. The van der Waals surface area contributed by atoms with Crippen molar-refractivity contribution in [3.05, 3.63) is 12.7 Å². The summed E-state index contributed by atoms with van der Waals surface area (Å²) in [5.74, 6) is -2.51. The van der Waals surface area contributed by atoms with Crippen LogP contribution in [0.1, 0.15) is 45.4 Å². The van der Waals surface area contributed by atoms with Gasteiger partial charge >= 0.3 is 0 Å². The summed E-state index contributed by atoms with van der Waals surface area (Å²) < 4.78 is 26.9. The maximum Gasteiger partial charge on any atom is 0.250 e. The molecule has 14 heavy (non-hydrogen) atoms. The topological polar surface area (TPSA) is 0 Å². The fourth-order valence-electron chi connectivity index (χ4n) is 2.23. The maximum absolute atomic E-state index is 13.5. The van der Waals surface area contributed by atoms with Gasteiger partial charge in [0.05, 0.1) is 0 Å². The molecule has 0 spiro atoms. The lowest BCUT2D eigenvalue weighted by Crippen LogP contribution is -2.34. The fraction of sp³-hybridized carbons (Fsp3) is 0.833. The first-order valence-electron chi connectivity index (χ1n) is 5.60. The van der Waals surface area contributed by atoms with Crippen LogP contribution < -0.4 is 0 Å². The number of allylic oxidation sites excluding steroid dienone is 1. The summed E-state index contributed by atoms with van der Waals surface area (Å²) in [5.41, 5.74) is 0. The molecule has 0 N–H and O–H groups in total. The molecule has 1 aliphatic carbocycles. The zero-order chi connectivity index (χ0) is 10.6. The van der Waals surface area contributed by atoms with Crippen LogP contribution in [0, 0.1) is 11.8 Å². The minimum absolute atomic E-state index is 0.0536. The highest BCUT2D eigenvalue weighted by Gasteiger charge is 2.42. The van der Waals surface area contributed by atoms with Gasteiger partial charge in [0, 0.05) is 12.3 Å². The van der Waals surface area contributed by atoms with E-state index < -0.39 is 11.8 Å².